The first-order valence-electron chi connectivity index (χ1n) is 13.9. The van der Waals surface area contributed by atoms with Crippen molar-refractivity contribution < 1.29 is 42.6 Å². The molecule has 42 heavy (non-hydrogen) atoms. The topological polar surface area (TPSA) is 128 Å². The number of carbonyl (C=O) groups is 5. The molecule has 222 valence electrons. The van der Waals surface area contributed by atoms with Gasteiger partial charge < -0.3 is 19.5 Å². The Morgan fingerprint density at radius 3 is 2.38 bits per heavy atom. The van der Waals surface area contributed by atoms with Gasteiger partial charge in [-0.2, -0.15) is 0 Å². The number of anilines is 2. The van der Waals surface area contributed by atoms with E-state index in [1.165, 1.54) is 6.07 Å². The Morgan fingerprint density at radius 1 is 1.02 bits per heavy atom. The van der Waals surface area contributed by atoms with Crippen molar-refractivity contribution in [3.05, 3.63) is 59.4 Å². The molecule has 3 aliphatic rings. The van der Waals surface area contributed by atoms with Crippen LogP contribution in [0.2, 0.25) is 0 Å². The summed E-state index contributed by atoms with van der Waals surface area (Å²) in [7, 11) is 0. The molecule has 1 aliphatic carbocycles. The predicted molar refractivity (Wildman–Crippen MR) is 148 cm³/mol. The fourth-order valence-electron chi connectivity index (χ4n) is 6.99. The Balaban J connectivity index is 1.84. The number of rotatable bonds is 5. The number of para-hydroxylation sites is 1. The van der Waals surface area contributed by atoms with Crippen LogP contribution in [-0.2, 0) is 44.2 Å². The van der Waals surface area contributed by atoms with E-state index in [9.17, 15) is 24.0 Å². The molecular formula is C31H33FN2O8. The minimum Gasteiger partial charge on any atom is -0.466 e. The lowest BCUT2D eigenvalue weighted by molar-refractivity contribution is -0.157. The average Bonchev–Trinajstić information content (AvgIpc) is 3.45. The molecule has 10 nitrogen and oxygen atoms in total. The van der Waals surface area contributed by atoms with Gasteiger partial charge in [0.1, 0.15) is 11.4 Å². The van der Waals surface area contributed by atoms with Crippen LogP contribution in [0.5, 0.6) is 0 Å². The van der Waals surface area contributed by atoms with E-state index in [1.54, 1.807) is 58.9 Å². The standard InChI is InChI=1S/C31H33FN2O8/c1-6-40-23(35)14-17-16-30(19-10-8-9-11-21(19)33-26(30)37)24(25(36)41-7-2)31(17)20-15-18(32)12-13-22(20)34(27(31)38)28(39)42-29(3,4)5/h8-13,15,17,24H,6-7,14,16H2,1-5H3,(H,33,37)/t17-,24-,30-,31-/m1/s1. The van der Waals surface area contributed by atoms with Gasteiger partial charge in [-0.15, -0.1) is 0 Å². The number of benzene rings is 2. The summed E-state index contributed by atoms with van der Waals surface area (Å²) in [5.41, 5.74) is -3.84. The van der Waals surface area contributed by atoms with E-state index < -0.39 is 63.9 Å². The van der Waals surface area contributed by atoms with Crippen molar-refractivity contribution in [2.24, 2.45) is 11.8 Å². The van der Waals surface area contributed by atoms with Crippen LogP contribution < -0.4 is 10.2 Å². The van der Waals surface area contributed by atoms with E-state index in [2.05, 4.69) is 5.32 Å². The molecule has 0 radical (unpaired) electrons. The van der Waals surface area contributed by atoms with Gasteiger partial charge in [-0.1, -0.05) is 18.2 Å². The van der Waals surface area contributed by atoms with Crippen LogP contribution in [-0.4, -0.2) is 48.7 Å². The summed E-state index contributed by atoms with van der Waals surface area (Å²) >= 11 is 0. The van der Waals surface area contributed by atoms with Crippen LogP contribution in [0.1, 0.15) is 58.6 Å². The minimum absolute atomic E-state index is 0.000216. The predicted octanol–water partition coefficient (Wildman–Crippen LogP) is 4.39. The van der Waals surface area contributed by atoms with E-state index in [1.807, 2.05) is 0 Å². The normalized spacial score (nSPS) is 25.8. The zero-order chi connectivity index (χ0) is 30.6. The molecule has 2 aliphatic heterocycles. The third kappa shape index (κ3) is 4.16. The number of nitrogens with zero attached hydrogens (tertiary/aromatic N) is 1. The highest BCUT2D eigenvalue weighted by molar-refractivity contribution is 6.24. The van der Waals surface area contributed by atoms with E-state index in [0.717, 1.165) is 17.0 Å². The summed E-state index contributed by atoms with van der Waals surface area (Å²) in [6.07, 6.45) is -1.57. The maximum atomic E-state index is 15.1. The lowest BCUT2D eigenvalue weighted by Gasteiger charge is -2.37. The Labute approximate surface area is 242 Å². The number of hydrogen-bond donors (Lipinski definition) is 1. The van der Waals surface area contributed by atoms with Crippen molar-refractivity contribution in [3.8, 4) is 0 Å². The monoisotopic (exact) mass is 580 g/mol. The first-order valence-corrected chi connectivity index (χ1v) is 13.9. The van der Waals surface area contributed by atoms with Crippen molar-refractivity contribution in [3.63, 3.8) is 0 Å². The highest BCUT2D eigenvalue weighted by Crippen LogP contribution is 2.67. The highest BCUT2D eigenvalue weighted by Gasteiger charge is 2.77. The zero-order valence-corrected chi connectivity index (χ0v) is 24.1. The van der Waals surface area contributed by atoms with Gasteiger partial charge in [0.05, 0.1) is 35.6 Å². The van der Waals surface area contributed by atoms with E-state index in [4.69, 9.17) is 14.2 Å². The third-order valence-corrected chi connectivity index (χ3v) is 8.24. The van der Waals surface area contributed by atoms with Crippen LogP contribution in [0.4, 0.5) is 20.6 Å². The minimum atomic E-state index is -2.05. The molecule has 4 atom stereocenters. The second-order valence-corrected chi connectivity index (χ2v) is 11.7. The number of ether oxygens (including phenoxy) is 3. The van der Waals surface area contributed by atoms with Gasteiger partial charge in [0.15, 0.2) is 0 Å². The van der Waals surface area contributed by atoms with Gasteiger partial charge in [-0.05, 0) is 82.3 Å². The molecular weight excluding hydrogens is 547 g/mol. The van der Waals surface area contributed by atoms with Gasteiger partial charge in [-0.25, -0.2) is 14.1 Å². The van der Waals surface area contributed by atoms with Gasteiger partial charge in [0.25, 0.3) is 0 Å². The number of fused-ring (bicyclic) bond motifs is 4. The van der Waals surface area contributed by atoms with Crippen LogP contribution in [0.25, 0.3) is 0 Å². The first kappa shape index (κ1) is 29.2. The smallest absolute Gasteiger partial charge is 0.421 e. The van der Waals surface area contributed by atoms with Crippen molar-refractivity contribution in [1.29, 1.82) is 0 Å². The number of hydrogen-bond acceptors (Lipinski definition) is 8. The Kier molecular flexibility index (Phi) is 7.11. The van der Waals surface area contributed by atoms with Gasteiger partial charge in [-0.3, -0.25) is 19.2 Å². The second kappa shape index (κ2) is 10.2. The van der Waals surface area contributed by atoms with Crippen molar-refractivity contribution in [2.45, 2.75) is 63.9 Å². The van der Waals surface area contributed by atoms with E-state index in [0.29, 0.717) is 11.3 Å². The molecule has 0 unspecified atom stereocenters. The van der Waals surface area contributed by atoms with Gasteiger partial charge in [0.2, 0.25) is 11.8 Å². The van der Waals surface area contributed by atoms with Gasteiger partial charge in [0, 0.05) is 12.1 Å². The molecule has 2 heterocycles. The molecule has 11 heteroatoms. The Hall–Kier alpha value is -4.28. The summed E-state index contributed by atoms with van der Waals surface area (Å²) in [6, 6.07) is 10.2. The summed E-state index contributed by atoms with van der Waals surface area (Å²) in [6.45, 7) is 8.07. The molecule has 2 aromatic carbocycles. The summed E-state index contributed by atoms with van der Waals surface area (Å²) < 4.78 is 31.4. The maximum Gasteiger partial charge on any atom is 0.421 e. The van der Waals surface area contributed by atoms with Crippen LogP contribution in [0, 0.1) is 17.7 Å². The Bertz CT molecular complexity index is 1500. The van der Waals surface area contributed by atoms with Gasteiger partial charge >= 0.3 is 18.0 Å². The molecule has 1 N–H and O–H groups in total. The molecule has 2 spiro atoms. The van der Waals surface area contributed by atoms with Crippen LogP contribution in [0.3, 0.4) is 0 Å². The SMILES string of the molecule is CCOC(=O)C[C@@H]1C[C@]2(C(=O)Nc3ccccc32)[C@@H](C(=O)OCC)[C@@]12C(=O)N(C(=O)OC(C)(C)C)c1ccc(F)cc12. The molecule has 5 rings (SSSR count). The van der Waals surface area contributed by atoms with E-state index in [-0.39, 0.29) is 37.3 Å². The van der Waals surface area contributed by atoms with Crippen molar-refractivity contribution >= 4 is 41.2 Å². The van der Waals surface area contributed by atoms with Crippen LogP contribution >= 0.6 is 0 Å². The number of esters is 2. The lowest BCUT2D eigenvalue weighted by atomic mass is 9.62. The fourth-order valence-corrected chi connectivity index (χ4v) is 6.99. The zero-order valence-electron chi connectivity index (χ0n) is 24.1. The summed E-state index contributed by atoms with van der Waals surface area (Å²) in [5.74, 6) is -6.38. The largest absolute Gasteiger partial charge is 0.466 e. The maximum absolute atomic E-state index is 15.1. The quantitative estimate of drug-likeness (QED) is 0.408. The molecule has 0 aromatic heterocycles. The molecule has 0 bridgehead atoms. The van der Waals surface area contributed by atoms with Crippen molar-refractivity contribution in [1.82, 2.24) is 0 Å². The average molecular weight is 581 g/mol. The molecule has 0 saturated heterocycles. The number of imide groups is 1. The highest BCUT2D eigenvalue weighted by atomic mass is 19.1. The van der Waals surface area contributed by atoms with E-state index >= 15 is 4.39 Å². The van der Waals surface area contributed by atoms with Crippen LogP contribution in [0.15, 0.2) is 42.5 Å². The number of amides is 3. The molecule has 3 amide bonds. The Morgan fingerprint density at radius 2 is 1.71 bits per heavy atom. The fraction of sp³-hybridized carbons (Fsp3) is 0.452. The third-order valence-electron chi connectivity index (χ3n) is 8.24. The second-order valence-electron chi connectivity index (χ2n) is 11.7. The molecule has 1 saturated carbocycles. The summed E-state index contributed by atoms with van der Waals surface area (Å²) in [5, 5.41) is 2.82. The molecule has 2 aromatic rings. The number of halogens is 1. The first-order chi connectivity index (χ1) is 19.8. The number of nitrogens with one attached hydrogen (secondary N) is 1. The lowest BCUT2D eigenvalue weighted by Crippen LogP contribution is -2.56. The van der Waals surface area contributed by atoms with Crippen molar-refractivity contribution in [2.75, 3.05) is 23.4 Å². The molecule has 1 fully saturated rings. The summed E-state index contributed by atoms with van der Waals surface area (Å²) in [4.78, 5) is 70.4. The number of carbonyl (C=O) groups excluding carboxylic acids is 5.